The number of nitrogens with zero attached hydrogens (tertiary/aromatic N) is 3. The Balaban J connectivity index is 1.54. The maximum atomic E-state index is 14.5. The zero-order chi connectivity index (χ0) is 26.3. The van der Waals surface area contributed by atoms with Gasteiger partial charge in [0.2, 0.25) is 11.8 Å². The molecule has 2 saturated heterocycles. The highest BCUT2D eigenvalue weighted by Gasteiger charge is 2.70. The van der Waals surface area contributed by atoms with Crippen molar-refractivity contribution in [2.75, 3.05) is 4.90 Å². The Bertz CT molecular complexity index is 1720. The van der Waals surface area contributed by atoms with Gasteiger partial charge in [-0.25, -0.2) is 9.88 Å². The largest absolute Gasteiger partial charge is 0.296 e. The zero-order valence-corrected chi connectivity index (χ0v) is 21.5. The monoisotopic (exact) mass is 504 g/mol. The predicted molar refractivity (Wildman–Crippen MR) is 145 cm³/mol. The summed E-state index contributed by atoms with van der Waals surface area (Å²) in [4.78, 5) is 49.0. The Hall–Kier alpha value is -4.10. The summed E-state index contributed by atoms with van der Waals surface area (Å²) in [6, 6.07) is 22.3. The molecular formula is C31H28N4O3. The Labute approximate surface area is 220 Å². The van der Waals surface area contributed by atoms with Crippen molar-refractivity contribution in [1.29, 1.82) is 0 Å². The van der Waals surface area contributed by atoms with Crippen LogP contribution in [0, 0.1) is 17.8 Å². The van der Waals surface area contributed by atoms with E-state index in [1.54, 1.807) is 10.6 Å². The minimum absolute atomic E-state index is 0.0633. The molecule has 3 aliphatic heterocycles. The number of carbonyl (C=O) groups excluding carboxylic acids is 2. The van der Waals surface area contributed by atoms with E-state index in [0.29, 0.717) is 34.5 Å². The first-order chi connectivity index (χ1) is 18.4. The topological polar surface area (TPSA) is 84.3 Å². The summed E-state index contributed by atoms with van der Waals surface area (Å²) in [7, 11) is 0. The van der Waals surface area contributed by atoms with Crippen molar-refractivity contribution in [2.45, 2.75) is 38.8 Å². The maximum Gasteiger partial charge on any atom is 0.266 e. The van der Waals surface area contributed by atoms with E-state index >= 15 is 0 Å². The Morgan fingerprint density at radius 2 is 1.58 bits per heavy atom. The van der Waals surface area contributed by atoms with Crippen molar-refractivity contribution in [3.63, 3.8) is 0 Å². The summed E-state index contributed by atoms with van der Waals surface area (Å²) >= 11 is 0. The van der Waals surface area contributed by atoms with E-state index < -0.39 is 17.4 Å². The number of carbonyl (C=O) groups is 2. The van der Waals surface area contributed by atoms with Crippen molar-refractivity contribution < 1.29 is 9.59 Å². The SMILES string of the molecule is CCc1ccccc1N1C(=O)[C@H]2[C@@H](C(C)C)N[C@@]3(c4ccccc4-n4c3nc3ccccc3c4=O)[C@H]2C1=O. The fourth-order valence-electron chi connectivity index (χ4n) is 6.99. The van der Waals surface area contributed by atoms with Gasteiger partial charge in [0.05, 0.1) is 34.1 Å². The summed E-state index contributed by atoms with van der Waals surface area (Å²) in [5.41, 5.74) is 2.40. The quantitative estimate of drug-likeness (QED) is 0.428. The molecule has 4 aromatic rings. The second kappa shape index (κ2) is 7.95. The number of amides is 2. The number of aromatic nitrogens is 2. The number of para-hydroxylation sites is 3. The van der Waals surface area contributed by atoms with Crippen LogP contribution in [0.5, 0.6) is 0 Å². The van der Waals surface area contributed by atoms with Gasteiger partial charge in [0.15, 0.2) is 0 Å². The van der Waals surface area contributed by atoms with Crippen LogP contribution in [0.25, 0.3) is 16.6 Å². The Kier molecular flexibility index (Phi) is 4.82. The van der Waals surface area contributed by atoms with Crippen molar-refractivity contribution in [1.82, 2.24) is 14.9 Å². The minimum Gasteiger partial charge on any atom is -0.296 e. The van der Waals surface area contributed by atoms with Crippen LogP contribution in [0.4, 0.5) is 5.69 Å². The van der Waals surface area contributed by atoms with E-state index in [-0.39, 0.29) is 29.3 Å². The Morgan fingerprint density at radius 1 is 0.895 bits per heavy atom. The van der Waals surface area contributed by atoms with Crippen molar-refractivity contribution in [2.24, 2.45) is 17.8 Å². The predicted octanol–water partition coefficient (Wildman–Crippen LogP) is 3.94. The lowest BCUT2D eigenvalue weighted by Crippen LogP contribution is -2.51. The molecule has 1 N–H and O–H groups in total. The van der Waals surface area contributed by atoms with E-state index in [1.165, 1.54) is 4.90 Å². The lowest BCUT2D eigenvalue weighted by molar-refractivity contribution is -0.123. The van der Waals surface area contributed by atoms with E-state index in [2.05, 4.69) is 19.2 Å². The summed E-state index contributed by atoms with van der Waals surface area (Å²) in [6.45, 7) is 6.15. The highest BCUT2D eigenvalue weighted by Crippen LogP contribution is 2.56. The molecule has 2 fully saturated rings. The van der Waals surface area contributed by atoms with Crippen LogP contribution in [-0.2, 0) is 21.5 Å². The van der Waals surface area contributed by atoms with Gasteiger partial charge < -0.3 is 0 Å². The highest BCUT2D eigenvalue weighted by atomic mass is 16.2. The third-order valence-electron chi connectivity index (χ3n) is 8.63. The molecule has 1 aromatic heterocycles. The molecule has 4 heterocycles. The van der Waals surface area contributed by atoms with Gasteiger partial charge in [0.25, 0.3) is 5.56 Å². The number of hydrogen-bond donors (Lipinski definition) is 1. The van der Waals surface area contributed by atoms with E-state index in [1.807, 2.05) is 73.7 Å². The number of benzene rings is 3. The van der Waals surface area contributed by atoms with Crippen LogP contribution in [0.3, 0.4) is 0 Å². The van der Waals surface area contributed by atoms with Gasteiger partial charge in [0.1, 0.15) is 11.4 Å². The molecule has 0 saturated carbocycles. The molecule has 7 nitrogen and oxygen atoms in total. The van der Waals surface area contributed by atoms with E-state index in [0.717, 1.165) is 11.1 Å². The van der Waals surface area contributed by atoms with Crippen LogP contribution < -0.4 is 15.8 Å². The smallest absolute Gasteiger partial charge is 0.266 e. The second-order valence-electron chi connectivity index (χ2n) is 10.8. The maximum absolute atomic E-state index is 14.5. The number of rotatable bonds is 3. The summed E-state index contributed by atoms with van der Waals surface area (Å²) < 4.78 is 1.64. The fraction of sp³-hybridized carbons (Fsp3) is 0.290. The van der Waals surface area contributed by atoms with Crippen LogP contribution in [0.15, 0.2) is 77.6 Å². The van der Waals surface area contributed by atoms with Crippen LogP contribution >= 0.6 is 0 Å². The fourth-order valence-corrected chi connectivity index (χ4v) is 6.99. The van der Waals surface area contributed by atoms with Crippen LogP contribution in [0.1, 0.15) is 37.7 Å². The minimum atomic E-state index is -1.11. The van der Waals surface area contributed by atoms with Crippen LogP contribution in [0.2, 0.25) is 0 Å². The molecule has 7 heteroatoms. The number of aryl methyl sites for hydroxylation is 1. The first kappa shape index (κ1) is 23.0. The average molecular weight is 505 g/mol. The molecule has 38 heavy (non-hydrogen) atoms. The van der Waals surface area contributed by atoms with Gasteiger partial charge in [-0.2, -0.15) is 0 Å². The molecule has 0 aliphatic carbocycles. The first-order valence-electron chi connectivity index (χ1n) is 13.3. The number of anilines is 1. The van der Waals surface area contributed by atoms with Crippen molar-refractivity contribution >= 4 is 28.4 Å². The third kappa shape index (κ3) is 2.72. The first-order valence-corrected chi connectivity index (χ1v) is 13.3. The molecule has 1 spiro atoms. The molecule has 2 amide bonds. The lowest BCUT2D eigenvalue weighted by Gasteiger charge is -2.32. The summed E-state index contributed by atoms with van der Waals surface area (Å²) in [5.74, 6) is -1.23. The zero-order valence-electron chi connectivity index (χ0n) is 21.5. The average Bonchev–Trinajstić information content (AvgIpc) is 3.52. The second-order valence-corrected chi connectivity index (χ2v) is 10.8. The van der Waals surface area contributed by atoms with Gasteiger partial charge in [-0.3, -0.25) is 24.3 Å². The van der Waals surface area contributed by atoms with E-state index in [4.69, 9.17) is 4.98 Å². The molecule has 3 aliphatic rings. The standard InChI is InChI=1S/C31H28N4O3/c1-4-18-11-5-9-15-22(18)34-28(37)24-25(29(34)38)31(33-26(24)17(2)3)20-13-7-10-16-23(20)35-27(36)19-12-6-8-14-21(19)32-30(31)35/h5-17,24-26,33H,4H2,1-3H3/t24-,25-,26-,31+/m1/s1. The number of nitrogens with one attached hydrogen (secondary N) is 1. The van der Waals surface area contributed by atoms with Gasteiger partial charge in [-0.15, -0.1) is 0 Å². The molecule has 190 valence electrons. The molecule has 4 atom stereocenters. The summed E-state index contributed by atoms with van der Waals surface area (Å²) in [5, 5.41) is 4.26. The van der Waals surface area contributed by atoms with Crippen LogP contribution in [-0.4, -0.2) is 27.4 Å². The molecule has 0 radical (unpaired) electrons. The molecule has 0 unspecified atom stereocenters. The normalized spacial score (nSPS) is 25.5. The molecule has 3 aromatic carbocycles. The number of fused-ring (bicyclic) bond motifs is 8. The van der Waals surface area contributed by atoms with Crippen molar-refractivity contribution in [3.8, 4) is 5.69 Å². The van der Waals surface area contributed by atoms with Gasteiger partial charge in [0, 0.05) is 11.6 Å². The Morgan fingerprint density at radius 3 is 2.34 bits per heavy atom. The molecular weight excluding hydrogens is 476 g/mol. The van der Waals surface area contributed by atoms with Gasteiger partial charge >= 0.3 is 0 Å². The third-order valence-corrected chi connectivity index (χ3v) is 8.63. The number of imide groups is 1. The summed E-state index contributed by atoms with van der Waals surface area (Å²) in [6.07, 6.45) is 0.703. The molecule has 7 rings (SSSR count). The van der Waals surface area contributed by atoms with Gasteiger partial charge in [-0.1, -0.05) is 69.3 Å². The van der Waals surface area contributed by atoms with Gasteiger partial charge in [-0.05, 0) is 42.2 Å². The molecule has 0 bridgehead atoms. The highest BCUT2D eigenvalue weighted by molar-refractivity contribution is 6.23. The van der Waals surface area contributed by atoms with Crippen molar-refractivity contribution in [3.05, 3.63) is 100 Å². The lowest BCUT2D eigenvalue weighted by atomic mass is 9.75. The number of hydrogen-bond acceptors (Lipinski definition) is 5. The van der Waals surface area contributed by atoms with E-state index in [9.17, 15) is 14.4 Å².